The van der Waals surface area contributed by atoms with Crippen molar-refractivity contribution in [1.82, 2.24) is 4.98 Å². The number of thiazole rings is 1. The zero-order valence-electron chi connectivity index (χ0n) is 11.4. The number of hydrogen-bond donors (Lipinski definition) is 0. The van der Waals surface area contributed by atoms with E-state index in [4.69, 9.17) is 4.98 Å². The molecule has 20 heavy (non-hydrogen) atoms. The van der Waals surface area contributed by atoms with E-state index in [9.17, 15) is 0 Å². The third kappa shape index (κ3) is 2.84. The lowest BCUT2D eigenvalue weighted by Crippen LogP contribution is -2.35. The lowest BCUT2D eigenvalue weighted by atomic mass is 9.75. The fraction of sp³-hybridized carbons (Fsp3) is 0.562. The largest absolute Gasteiger partial charge is 0.241 e. The van der Waals surface area contributed by atoms with Gasteiger partial charge in [0.25, 0.3) is 0 Å². The topological polar surface area (TPSA) is 12.9 Å². The Labute approximate surface area is 141 Å². The van der Waals surface area contributed by atoms with Gasteiger partial charge in [0.2, 0.25) is 0 Å². The molecule has 0 saturated heterocycles. The Kier molecular flexibility index (Phi) is 4.83. The van der Waals surface area contributed by atoms with Gasteiger partial charge in [0.1, 0.15) is 0 Å². The molecule has 0 bridgehead atoms. The van der Waals surface area contributed by atoms with Crippen molar-refractivity contribution in [3.8, 4) is 0 Å². The van der Waals surface area contributed by atoms with E-state index >= 15 is 0 Å². The standard InChI is InChI=1S/C16H19Br2NS/c17-10-16(11-18,12-5-1-2-6-12)9-15-19-13-7-3-4-8-14(13)20-15/h3-4,7-8,12H,1-2,5-6,9-11H2. The number of rotatable bonds is 5. The van der Waals surface area contributed by atoms with Crippen LogP contribution in [0, 0.1) is 11.3 Å². The molecule has 1 aliphatic carbocycles. The van der Waals surface area contributed by atoms with Crippen LogP contribution in [0.15, 0.2) is 24.3 Å². The second-order valence-corrected chi connectivity index (χ2v) is 8.10. The van der Waals surface area contributed by atoms with Crippen molar-refractivity contribution >= 4 is 53.4 Å². The van der Waals surface area contributed by atoms with Gasteiger partial charge in [-0.25, -0.2) is 4.98 Å². The molecule has 1 fully saturated rings. The summed E-state index contributed by atoms with van der Waals surface area (Å²) in [5, 5.41) is 3.41. The van der Waals surface area contributed by atoms with Crippen LogP contribution in [0.25, 0.3) is 10.2 Å². The number of nitrogens with zero attached hydrogens (tertiary/aromatic N) is 1. The van der Waals surface area contributed by atoms with Crippen molar-refractivity contribution in [1.29, 1.82) is 0 Å². The van der Waals surface area contributed by atoms with Crippen molar-refractivity contribution < 1.29 is 0 Å². The minimum Gasteiger partial charge on any atom is -0.241 e. The molecule has 1 aromatic heterocycles. The fourth-order valence-electron chi connectivity index (χ4n) is 3.33. The van der Waals surface area contributed by atoms with Gasteiger partial charge in [-0.1, -0.05) is 56.8 Å². The van der Waals surface area contributed by atoms with E-state index in [0.717, 1.165) is 28.5 Å². The highest BCUT2D eigenvalue weighted by Crippen LogP contribution is 2.45. The Bertz CT molecular complexity index is 538. The van der Waals surface area contributed by atoms with Gasteiger partial charge in [-0.3, -0.25) is 0 Å². The molecule has 1 nitrogen and oxygen atoms in total. The molecule has 0 unspecified atom stereocenters. The van der Waals surface area contributed by atoms with E-state index in [1.807, 2.05) is 11.3 Å². The van der Waals surface area contributed by atoms with E-state index in [1.165, 1.54) is 35.4 Å². The molecule has 108 valence electrons. The number of para-hydroxylation sites is 1. The van der Waals surface area contributed by atoms with Crippen LogP contribution in [-0.4, -0.2) is 15.6 Å². The smallest absolute Gasteiger partial charge is 0.0944 e. The third-order valence-corrected chi connectivity index (χ3v) is 7.86. The number of alkyl halides is 2. The van der Waals surface area contributed by atoms with Gasteiger partial charge in [-0.05, 0) is 36.3 Å². The summed E-state index contributed by atoms with van der Waals surface area (Å²) in [6.07, 6.45) is 6.64. The Hall–Kier alpha value is 0.0700. The summed E-state index contributed by atoms with van der Waals surface area (Å²) >= 11 is 9.44. The van der Waals surface area contributed by atoms with Crippen LogP contribution < -0.4 is 0 Å². The first-order valence-corrected chi connectivity index (χ1v) is 10.3. The Morgan fingerprint density at radius 1 is 1.15 bits per heavy atom. The number of aromatic nitrogens is 1. The van der Waals surface area contributed by atoms with Crippen molar-refractivity contribution in [3.05, 3.63) is 29.3 Å². The zero-order chi connectivity index (χ0) is 14.0. The SMILES string of the molecule is BrCC(CBr)(Cc1nc2ccccc2s1)C1CCCC1. The molecule has 0 N–H and O–H groups in total. The monoisotopic (exact) mass is 415 g/mol. The summed E-state index contributed by atoms with van der Waals surface area (Å²) in [5.41, 5.74) is 1.47. The predicted octanol–water partition coefficient (Wildman–Crippen LogP) is 5.81. The van der Waals surface area contributed by atoms with E-state index in [-0.39, 0.29) is 0 Å². The quantitative estimate of drug-likeness (QED) is 0.560. The summed E-state index contributed by atoms with van der Waals surface area (Å²) in [6, 6.07) is 8.47. The average Bonchev–Trinajstić information content (AvgIpc) is 3.13. The van der Waals surface area contributed by atoms with E-state index in [0.29, 0.717) is 5.41 Å². The van der Waals surface area contributed by atoms with Crippen LogP contribution in [0.4, 0.5) is 0 Å². The van der Waals surface area contributed by atoms with Gasteiger partial charge in [0.05, 0.1) is 15.2 Å². The molecular weight excluding hydrogens is 398 g/mol. The van der Waals surface area contributed by atoms with Crippen molar-refractivity contribution in [2.24, 2.45) is 11.3 Å². The molecule has 0 radical (unpaired) electrons. The van der Waals surface area contributed by atoms with Crippen LogP contribution in [-0.2, 0) is 6.42 Å². The van der Waals surface area contributed by atoms with E-state index in [2.05, 4.69) is 56.1 Å². The summed E-state index contributed by atoms with van der Waals surface area (Å²) < 4.78 is 1.31. The van der Waals surface area contributed by atoms with Crippen LogP contribution in [0.2, 0.25) is 0 Å². The lowest BCUT2D eigenvalue weighted by molar-refractivity contribution is 0.233. The molecule has 0 spiro atoms. The fourth-order valence-corrected chi connectivity index (χ4v) is 6.69. The maximum Gasteiger partial charge on any atom is 0.0944 e. The highest BCUT2D eigenvalue weighted by Gasteiger charge is 2.39. The Balaban J connectivity index is 1.88. The highest BCUT2D eigenvalue weighted by atomic mass is 79.9. The number of benzene rings is 1. The van der Waals surface area contributed by atoms with Crippen LogP contribution >= 0.6 is 43.2 Å². The maximum absolute atomic E-state index is 4.84. The second kappa shape index (κ2) is 6.45. The first kappa shape index (κ1) is 15.0. The van der Waals surface area contributed by atoms with Gasteiger partial charge >= 0.3 is 0 Å². The summed E-state index contributed by atoms with van der Waals surface area (Å²) in [4.78, 5) is 4.84. The van der Waals surface area contributed by atoms with E-state index in [1.54, 1.807) is 0 Å². The number of halogens is 2. The number of fused-ring (bicyclic) bond motifs is 1. The molecule has 1 aromatic carbocycles. The molecule has 1 saturated carbocycles. The molecule has 3 rings (SSSR count). The Morgan fingerprint density at radius 3 is 2.50 bits per heavy atom. The highest BCUT2D eigenvalue weighted by molar-refractivity contribution is 9.09. The van der Waals surface area contributed by atoms with Gasteiger partial charge in [-0.15, -0.1) is 11.3 Å². The van der Waals surface area contributed by atoms with Crippen molar-refractivity contribution in [2.75, 3.05) is 10.7 Å². The first-order chi connectivity index (χ1) is 9.77. The lowest BCUT2D eigenvalue weighted by Gasteiger charge is -2.35. The van der Waals surface area contributed by atoms with Crippen molar-refractivity contribution in [3.63, 3.8) is 0 Å². The normalized spacial score (nSPS) is 17.1. The van der Waals surface area contributed by atoms with Crippen LogP contribution in [0.3, 0.4) is 0 Å². The van der Waals surface area contributed by atoms with Crippen LogP contribution in [0.5, 0.6) is 0 Å². The summed E-state index contributed by atoms with van der Waals surface area (Å²) in [5.74, 6) is 0.827. The summed E-state index contributed by atoms with van der Waals surface area (Å²) in [6.45, 7) is 0. The average molecular weight is 417 g/mol. The minimum absolute atomic E-state index is 0.324. The first-order valence-electron chi connectivity index (χ1n) is 7.24. The molecule has 4 heteroatoms. The molecular formula is C16H19Br2NS. The van der Waals surface area contributed by atoms with Crippen molar-refractivity contribution in [2.45, 2.75) is 32.1 Å². The Morgan fingerprint density at radius 2 is 1.85 bits per heavy atom. The molecule has 1 heterocycles. The van der Waals surface area contributed by atoms with Crippen LogP contribution in [0.1, 0.15) is 30.7 Å². The predicted molar refractivity (Wildman–Crippen MR) is 95.3 cm³/mol. The molecule has 2 aromatic rings. The molecule has 0 atom stereocenters. The molecule has 0 amide bonds. The van der Waals surface area contributed by atoms with Gasteiger partial charge in [0.15, 0.2) is 0 Å². The molecule has 1 aliphatic rings. The molecule has 0 aliphatic heterocycles. The van der Waals surface area contributed by atoms with E-state index < -0.39 is 0 Å². The van der Waals surface area contributed by atoms with Gasteiger partial charge < -0.3 is 0 Å². The second-order valence-electron chi connectivity index (χ2n) is 5.86. The maximum atomic E-state index is 4.84. The summed E-state index contributed by atoms with van der Waals surface area (Å²) in [7, 11) is 0. The van der Waals surface area contributed by atoms with Gasteiger partial charge in [0, 0.05) is 17.1 Å². The van der Waals surface area contributed by atoms with Gasteiger partial charge in [-0.2, -0.15) is 0 Å². The third-order valence-electron chi connectivity index (χ3n) is 4.59. The minimum atomic E-state index is 0.324. The zero-order valence-corrected chi connectivity index (χ0v) is 15.4. The number of hydrogen-bond acceptors (Lipinski definition) is 2.